The Morgan fingerprint density at radius 1 is 0.106 bits per heavy atom. The fraction of sp³-hybridized carbons (Fsp3) is 1.00. The maximum Gasteiger partial charge on any atom is 0.0319 e. The zero-order chi connectivity index (χ0) is 36.2. The predicted molar refractivity (Wildman–Crippen MR) is 212 cm³/mol. The van der Waals surface area contributed by atoms with E-state index in [1.807, 2.05) is 0 Å². The highest BCUT2D eigenvalue weighted by molar-refractivity contribution is 4.54. The first-order valence-corrected chi connectivity index (χ1v) is 20.7. The topological polar surface area (TPSA) is 101 Å². The molecule has 1 rings (SSSR count). The Labute approximate surface area is 298 Å². The number of hydrogen-bond donors (Lipinski definition) is 5. The first-order valence-electron chi connectivity index (χ1n) is 20.7. The van der Waals surface area contributed by atoms with Crippen molar-refractivity contribution in [3.8, 4) is 0 Å². The van der Waals surface area contributed by atoms with E-state index in [9.17, 15) is 0 Å². The Morgan fingerprint density at radius 3 is 0.149 bits per heavy atom. The third-order valence-corrected chi connectivity index (χ3v) is 9.25. The van der Waals surface area contributed by atoms with E-state index < -0.39 is 0 Å². The molecule has 5 N–H and O–H groups in total. The minimum absolute atomic E-state index is 1.00. The molecule has 0 amide bonds. The van der Waals surface area contributed by atoms with Crippen LogP contribution in [0, 0.1) is 0 Å². The van der Waals surface area contributed by atoms with Crippen LogP contribution in [0.1, 0.15) is 238 Å². The van der Waals surface area contributed by atoms with Crippen LogP contribution in [0.5, 0.6) is 0 Å². The molecule has 1 aliphatic carbocycles. The van der Waals surface area contributed by atoms with Crippen LogP contribution >= 0.6 is 0 Å². The van der Waals surface area contributed by atoms with Crippen LogP contribution in [0.15, 0.2) is 0 Å². The lowest BCUT2D eigenvalue weighted by Gasteiger charge is -2.05. The van der Waals surface area contributed by atoms with Crippen LogP contribution in [-0.4, -0.2) is 61.1 Å². The van der Waals surface area contributed by atoms with E-state index in [-0.39, 0.29) is 0 Å². The summed E-state index contributed by atoms with van der Waals surface area (Å²) < 4.78 is 0. The van der Waals surface area contributed by atoms with Crippen molar-refractivity contribution < 1.29 is 25.5 Å². The van der Waals surface area contributed by atoms with Gasteiger partial charge in [0.2, 0.25) is 0 Å². The van der Waals surface area contributed by atoms with Gasteiger partial charge in [0.25, 0.3) is 0 Å². The molecule has 47 heavy (non-hydrogen) atoms. The highest BCUT2D eigenvalue weighted by Crippen LogP contribution is 2.18. The molecule has 0 spiro atoms. The molecule has 5 nitrogen and oxygen atoms in total. The van der Waals surface area contributed by atoms with Crippen molar-refractivity contribution in [3.63, 3.8) is 0 Å². The Kier molecular flexibility index (Phi) is 81.1. The van der Waals surface area contributed by atoms with Crippen molar-refractivity contribution in [2.45, 2.75) is 238 Å². The summed E-state index contributed by atoms with van der Waals surface area (Å²) in [5.74, 6) is 0. The summed E-state index contributed by atoms with van der Waals surface area (Å²) in [6.07, 6.45) is 55.5. The van der Waals surface area contributed by atoms with E-state index >= 15 is 0 Å². The molecule has 0 bridgehead atoms. The molecule has 1 aliphatic rings. The third kappa shape index (κ3) is 64.9. The van der Waals surface area contributed by atoms with Gasteiger partial charge in [-0.25, -0.2) is 0 Å². The van der Waals surface area contributed by atoms with E-state index in [1.54, 1.807) is 0 Å². The molecule has 0 aromatic carbocycles. The molecule has 5 heteroatoms. The van der Waals surface area contributed by atoms with E-state index in [1.165, 1.54) is 238 Å². The summed E-state index contributed by atoms with van der Waals surface area (Å²) in [4.78, 5) is 0. The van der Waals surface area contributed by atoms with Gasteiger partial charge in [-0.1, -0.05) is 238 Å². The molecule has 0 saturated heterocycles. The van der Waals surface area contributed by atoms with E-state index in [0.717, 1.165) is 35.5 Å². The molecule has 0 radical (unpaired) electrons. The quantitative estimate of drug-likeness (QED) is 0.175. The molecule has 0 heterocycles. The van der Waals surface area contributed by atoms with Crippen molar-refractivity contribution in [1.29, 1.82) is 0 Å². The first-order chi connectivity index (χ1) is 23.5. The predicted octanol–water partition coefficient (Wildman–Crippen LogP) is 12.5. The lowest BCUT2D eigenvalue weighted by Crippen LogP contribution is -1.85. The van der Waals surface area contributed by atoms with Gasteiger partial charge in [0.1, 0.15) is 0 Å². The number of aliphatic hydroxyl groups is 5. The largest absolute Gasteiger partial charge is 0.400 e. The van der Waals surface area contributed by atoms with Crippen LogP contribution in [-0.2, 0) is 0 Å². The summed E-state index contributed by atoms with van der Waals surface area (Å²) in [6, 6.07) is 0. The highest BCUT2D eigenvalue weighted by atomic mass is 16.2. The molecule has 0 aliphatic heterocycles. The average molecular weight is 679 g/mol. The van der Waals surface area contributed by atoms with Crippen LogP contribution in [0.4, 0.5) is 0 Å². The maximum atomic E-state index is 7.00. The van der Waals surface area contributed by atoms with Gasteiger partial charge in [0.15, 0.2) is 0 Å². The molecule has 0 aromatic heterocycles. The van der Waals surface area contributed by atoms with E-state index in [0.29, 0.717) is 0 Å². The maximum absolute atomic E-state index is 7.00. The van der Waals surface area contributed by atoms with Crippen molar-refractivity contribution >= 4 is 0 Å². The summed E-state index contributed by atoms with van der Waals surface area (Å²) in [5, 5.41) is 35.0. The second-order valence-electron chi connectivity index (χ2n) is 13.1. The van der Waals surface area contributed by atoms with Crippen LogP contribution in [0.25, 0.3) is 0 Å². The molecule has 0 aromatic rings. The zero-order valence-electron chi connectivity index (χ0n) is 33.4. The molecular formula is C42H94O5. The van der Waals surface area contributed by atoms with Gasteiger partial charge >= 0.3 is 0 Å². The number of aliphatic hydroxyl groups excluding tert-OH is 5. The van der Waals surface area contributed by atoms with Gasteiger partial charge < -0.3 is 25.5 Å². The van der Waals surface area contributed by atoms with Gasteiger partial charge in [-0.3, -0.25) is 0 Å². The number of hydrogen-bond acceptors (Lipinski definition) is 5. The van der Waals surface area contributed by atoms with Gasteiger partial charge in [-0.05, 0) is 0 Å². The summed E-state index contributed by atoms with van der Waals surface area (Å²) in [6.45, 7) is 0. The second-order valence-corrected chi connectivity index (χ2v) is 13.1. The van der Waals surface area contributed by atoms with Crippen LogP contribution in [0.2, 0.25) is 0 Å². The summed E-state index contributed by atoms with van der Waals surface area (Å²) in [5.41, 5.74) is 0. The van der Waals surface area contributed by atoms with Crippen molar-refractivity contribution in [2.24, 2.45) is 0 Å². The second kappa shape index (κ2) is 67.9. The standard InChI is InChI=1S/C37H74.5CH4O/c1-2-4-6-8-10-12-14-16-18-20-22-24-26-28-30-32-34-36-37-35-33-31-29-27-25-23-21-19-17-15-13-11-9-7-5-3-1;5*1-2/h1-37H2;5*2H,1H3. The Bertz CT molecular complexity index is 216. The molecule has 1 fully saturated rings. The van der Waals surface area contributed by atoms with Crippen LogP contribution in [0.3, 0.4) is 0 Å². The van der Waals surface area contributed by atoms with Crippen molar-refractivity contribution in [2.75, 3.05) is 35.5 Å². The monoisotopic (exact) mass is 679 g/mol. The molecular weight excluding hydrogens is 584 g/mol. The normalized spacial score (nSPS) is 19.5. The summed E-state index contributed by atoms with van der Waals surface area (Å²) in [7, 11) is 5.00. The lowest BCUT2D eigenvalue weighted by atomic mass is 10.0. The molecule has 1 saturated carbocycles. The summed E-state index contributed by atoms with van der Waals surface area (Å²) >= 11 is 0. The van der Waals surface area contributed by atoms with E-state index in [2.05, 4.69) is 0 Å². The minimum atomic E-state index is 1.00. The van der Waals surface area contributed by atoms with Crippen molar-refractivity contribution in [1.82, 2.24) is 0 Å². The Morgan fingerprint density at radius 2 is 0.128 bits per heavy atom. The lowest BCUT2D eigenvalue weighted by molar-refractivity contribution is 0.399. The van der Waals surface area contributed by atoms with E-state index in [4.69, 9.17) is 25.5 Å². The highest BCUT2D eigenvalue weighted by Gasteiger charge is 1.98. The van der Waals surface area contributed by atoms with Crippen molar-refractivity contribution in [3.05, 3.63) is 0 Å². The zero-order valence-corrected chi connectivity index (χ0v) is 33.4. The van der Waals surface area contributed by atoms with Gasteiger partial charge in [0.05, 0.1) is 0 Å². The fourth-order valence-electron chi connectivity index (χ4n) is 6.54. The first kappa shape index (κ1) is 56.2. The van der Waals surface area contributed by atoms with Crippen LogP contribution < -0.4 is 0 Å². The fourth-order valence-corrected chi connectivity index (χ4v) is 6.54. The van der Waals surface area contributed by atoms with Gasteiger partial charge in [-0.2, -0.15) is 0 Å². The molecule has 292 valence electrons. The molecule has 0 atom stereocenters. The Hall–Kier alpha value is -0.200. The third-order valence-electron chi connectivity index (χ3n) is 9.25. The average Bonchev–Trinajstić information content (AvgIpc) is 3.14. The van der Waals surface area contributed by atoms with Gasteiger partial charge in [0, 0.05) is 35.5 Å². The minimum Gasteiger partial charge on any atom is -0.400 e. The Balaban J connectivity index is -0.000000534. The van der Waals surface area contributed by atoms with Gasteiger partial charge in [-0.15, -0.1) is 0 Å². The number of rotatable bonds is 0. The smallest absolute Gasteiger partial charge is 0.0319 e. The molecule has 0 unspecified atom stereocenters. The SMILES string of the molecule is C1CCCCCCCCCCCCCCCCCCCCCCCCCCCCCCCCCCCC1.CO.CO.CO.CO.CO.